The van der Waals surface area contributed by atoms with E-state index in [0.29, 0.717) is 11.5 Å². The predicted octanol–water partition coefficient (Wildman–Crippen LogP) is 0.143. The van der Waals surface area contributed by atoms with Gasteiger partial charge in [-0.1, -0.05) is 0 Å². The van der Waals surface area contributed by atoms with Gasteiger partial charge in [0.15, 0.2) is 11.2 Å². The number of aromatic nitrogens is 4. The largest absolute Gasteiger partial charge is 0.497 e. The number of aliphatic hydroxyl groups excluding tert-OH is 2. The van der Waals surface area contributed by atoms with E-state index in [4.69, 9.17) is 19.9 Å². The highest BCUT2D eigenvalue weighted by atomic mass is 16.6. The molecule has 4 rings (SSSR count). The topological polar surface area (TPSA) is 158 Å². The number of nitrogen functional groups attached to an aromatic ring is 1. The minimum absolute atomic E-state index is 0.0169. The third kappa shape index (κ3) is 3.15. The molecule has 0 saturated carbocycles. The first kappa shape index (κ1) is 18.2. The fourth-order valence-electron chi connectivity index (χ4n) is 3.10. The Kier molecular flexibility index (Phi) is 4.63. The van der Waals surface area contributed by atoms with Crippen LogP contribution in [0.4, 0.5) is 5.95 Å². The molecule has 28 heavy (non-hydrogen) atoms. The third-order valence-corrected chi connectivity index (χ3v) is 4.48. The molecule has 5 N–H and O–H groups in total. The van der Waals surface area contributed by atoms with Crippen LogP contribution < -0.4 is 20.8 Å². The van der Waals surface area contributed by atoms with Gasteiger partial charge in [-0.15, -0.1) is 0 Å². The Balaban J connectivity index is 1.80. The number of nitrogens with one attached hydrogen (secondary N) is 1. The van der Waals surface area contributed by atoms with E-state index in [1.54, 1.807) is 31.4 Å². The molecule has 1 saturated heterocycles. The molecule has 0 spiro atoms. The standard InChI is InChI=1S/C17H19N5O6/c1-26-8-2-4-9(5-3-8)27-17-19-13-14(20-16(18)21-15(13)25)22(17)12-6-10(24)11(7-23)28-12/h2-5,10-12,23-24H,6-7H2,1H3,(H3,18,20,21,25)/t10-,11+,12+/m0/s1. The van der Waals surface area contributed by atoms with Crippen molar-refractivity contribution in [1.82, 2.24) is 19.5 Å². The summed E-state index contributed by atoms with van der Waals surface area (Å²) in [7, 11) is 1.55. The van der Waals surface area contributed by atoms with Crippen molar-refractivity contribution in [2.45, 2.75) is 24.9 Å². The first-order chi connectivity index (χ1) is 13.5. The molecule has 2 aromatic heterocycles. The lowest BCUT2D eigenvalue weighted by atomic mass is 10.2. The van der Waals surface area contributed by atoms with Gasteiger partial charge in [0.1, 0.15) is 23.8 Å². The third-order valence-electron chi connectivity index (χ3n) is 4.48. The number of anilines is 1. The lowest BCUT2D eigenvalue weighted by Gasteiger charge is -2.16. The highest BCUT2D eigenvalue weighted by Gasteiger charge is 2.37. The van der Waals surface area contributed by atoms with Crippen molar-refractivity contribution in [2.75, 3.05) is 19.5 Å². The van der Waals surface area contributed by atoms with Crippen molar-refractivity contribution in [3.05, 3.63) is 34.6 Å². The first-order valence-corrected chi connectivity index (χ1v) is 8.54. The number of ether oxygens (including phenoxy) is 3. The Bertz CT molecular complexity index is 1050. The summed E-state index contributed by atoms with van der Waals surface area (Å²) >= 11 is 0. The number of fused-ring (bicyclic) bond motifs is 1. The molecule has 11 nitrogen and oxygen atoms in total. The van der Waals surface area contributed by atoms with E-state index >= 15 is 0 Å². The monoisotopic (exact) mass is 389 g/mol. The van der Waals surface area contributed by atoms with Crippen LogP contribution in [0.3, 0.4) is 0 Å². The maximum atomic E-state index is 12.2. The van der Waals surface area contributed by atoms with Gasteiger partial charge in [0.05, 0.1) is 19.8 Å². The van der Waals surface area contributed by atoms with Crippen LogP contribution in [0, 0.1) is 0 Å². The molecular formula is C17H19N5O6. The molecule has 0 aliphatic carbocycles. The van der Waals surface area contributed by atoms with Crippen LogP contribution >= 0.6 is 0 Å². The predicted molar refractivity (Wildman–Crippen MR) is 97.2 cm³/mol. The zero-order valence-electron chi connectivity index (χ0n) is 14.9. The molecule has 0 radical (unpaired) electrons. The van der Waals surface area contributed by atoms with Gasteiger partial charge in [-0.05, 0) is 24.3 Å². The molecule has 1 aliphatic rings. The number of rotatable bonds is 5. The maximum Gasteiger partial charge on any atom is 0.306 e. The minimum Gasteiger partial charge on any atom is -0.497 e. The van der Waals surface area contributed by atoms with Gasteiger partial charge in [0.2, 0.25) is 5.95 Å². The number of aliphatic hydroxyl groups is 2. The van der Waals surface area contributed by atoms with Crippen LogP contribution in [0.5, 0.6) is 17.5 Å². The number of hydrogen-bond donors (Lipinski definition) is 4. The molecule has 1 fully saturated rings. The Hall–Kier alpha value is -3.15. The molecule has 0 amide bonds. The van der Waals surface area contributed by atoms with Gasteiger partial charge in [-0.2, -0.15) is 9.97 Å². The van der Waals surface area contributed by atoms with Crippen molar-refractivity contribution in [2.24, 2.45) is 0 Å². The number of benzene rings is 1. The van der Waals surface area contributed by atoms with Gasteiger partial charge < -0.3 is 30.2 Å². The second kappa shape index (κ2) is 7.11. The smallest absolute Gasteiger partial charge is 0.306 e. The maximum absolute atomic E-state index is 12.2. The summed E-state index contributed by atoms with van der Waals surface area (Å²) in [5.74, 6) is 1.01. The van der Waals surface area contributed by atoms with Gasteiger partial charge >= 0.3 is 6.01 Å². The molecule has 1 aliphatic heterocycles. The average Bonchev–Trinajstić information content (AvgIpc) is 3.22. The quantitative estimate of drug-likeness (QED) is 0.476. The van der Waals surface area contributed by atoms with Crippen LogP contribution in [0.2, 0.25) is 0 Å². The molecular weight excluding hydrogens is 370 g/mol. The zero-order valence-corrected chi connectivity index (χ0v) is 14.9. The van der Waals surface area contributed by atoms with E-state index in [1.807, 2.05) is 0 Å². The second-order valence-corrected chi connectivity index (χ2v) is 6.28. The SMILES string of the molecule is COc1ccc(Oc2nc3c(=O)[nH]c(N)nc3n2[C@H]2C[C@H](O)[C@@H](CO)O2)cc1. The normalized spacial score (nSPS) is 21.9. The Morgan fingerprint density at radius 3 is 2.68 bits per heavy atom. The van der Waals surface area contributed by atoms with Crippen LogP contribution in [0.25, 0.3) is 11.2 Å². The van der Waals surface area contributed by atoms with Gasteiger partial charge in [0.25, 0.3) is 5.56 Å². The van der Waals surface area contributed by atoms with Crippen molar-refractivity contribution in [3.63, 3.8) is 0 Å². The van der Waals surface area contributed by atoms with Gasteiger partial charge in [-0.25, -0.2) is 0 Å². The fourth-order valence-corrected chi connectivity index (χ4v) is 3.10. The van der Waals surface area contributed by atoms with Crippen LogP contribution in [-0.2, 0) is 4.74 Å². The van der Waals surface area contributed by atoms with E-state index in [1.165, 1.54) is 4.57 Å². The van der Waals surface area contributed by atoms with Crippen LogP contribution in [0.15, 0.2) is 29.1 Å². The molecule has 1 aromatic carbocycles. The minimum atomic E-state index is -0.888. The van der Waals surface area contributed by atoms with Gasteiger partial charge in [0, 0.05) is 6.42 Å². The number of aromatic amines is 1. The summed E-state index contributed by atoms with van der Waals surface area (Å²) in [5, 5.41) is 19.5. The Morgan fingerprint density at radius 2 is 2.04 bits per heavy atom. The van der Waals surface area contributed by atoms with Crippen molar-refractivity contribution in [3.8, 4) is 17.5 Å². The van der Waals surface area contributed by atoms with E-state index < -0.39 is 24.0 Å². The van der Waals surface area contributed by atoms with E-state index in [0.717, 1.165) is 0 Å². The highest BCUT2D eigenvalue weighted by Crippen LogP contribution is 2.35. The summed E-state index contributed by atoms with van der Waals surface area (Å²) in [6, 6.07) is 6.82. The molecule has 0 unspecified atom stereocenters. The van der Waals surface area contributed by atoms with Crippen LogP contribution in [-0.4, -0.2) is 55.7 Å². The van der Waals surface area contributed by atoms with E-state index in [2.05, 4.69) is 15.0 Å². The molecule has 3 atom stereocenters. The first-order valence-electron chi connectivity index (χ1n) is 8.54. The van der Waals surface area contributed by atoms with Crippen molar-refractivity contribution in [1.29, 1.82) is 0 Å². The summed E-state index contributed by atoms with van der Waals surface area (Å²) in [4.78, 5) is 23.0. The number of nitrogens with two attached hydrogens (primary N) is 1. The van der Waals surface area contributed by atoms with E-state index in [-0.39, 0.29) is 36.2 Å². The highest BCUT2D eigenvalue weighted by molar-refractivity contribution is 5.72. The fraction of sp³-hybridized carbons (Fsp3) is 0.353. The summed E-state index contributed by atoms with van der Waals surface area (Å²) in [6.45, 7) is -0.352. The summed E-state index contributed by atoms with van der Waals surface area (Å²) in [6.07, 6.45) is -2.25. The summed E-state index contributed by atoms with van der Waals surface area (Å²) < 4.78 is 18.1. The zero-order chi connectivity index (χ0) is 19.8. The molecule has 148 valence electrons. The number of H-pyrrole nitrogens is 1. The average molecular weight is 389 g/mol. The Labute approximate surface area is 158 Å². The molecule has 11 heteroatoms. The number of methoxy groups -OCH3 is 1. The number of imidazole rings is 1. The van der Waals surface area contributed by atoms with Crippen molar-refractivity contribution < 1.29 is 24.4 Å². The molecule has 3 heterocycles. The van der Waals surface area contributed by atoms with Crippen LogP contribution in [0.1, 0.15) is 12.6 Å². The molecule has 3 aromatic rings. The lowest BCUT2D eigenvalue weighted by Crippen LogP contribution is -2.24. The van der Waals surface area contributed by atoms with E-state index in [9.17, 15) is 15.0 Å². The number of hydrogen-bond acceptors (Lipinski definition) is 9. The van der Waals surface area contributed by atoms with Gasteiger partial charge in [-0.3, -0.25) is 14.3 Å². The lowest BCUT2D eigenvalue weighted by molar-refractivity contribution is -0.0447. The molecule has 0 bridgehead atoms. The Morgan fingerprint density at radius 1 is 1.32 bits per heavy atom. The second-order valence-electron chi connectivity index (χ2n) is 6.28. The summed E-state index contributed by atoms with van der Waals surface area (Å²) in [5.41, 5.74) is 5.31. The number of nitrogens with zero attached hydrogens (tertiary/aromatic N) is 3. The van der Waals surface area contributed by atoms with Crippen molar-refractivity contribution >= 4 is 17.1 Å².